The molecule has 0 saturated carbocycles. The Morgan fingerprint density at radius 3 is 3.08 bits per heavy atom. The third kappa shape index (κ3) is 3.86. The van der Waals surface area contributed by atoms with Crippen LogP contribution in [-0.4, -0.2) is 24.5 Å². The van der Waals surface area contributed by atoms with Crippen molar-refractivity contribution in [3.8, 4) is 0 Å². The first-order chi connectivity index (χ1) is 6.24. The predicted octanol–water partition coefficient (Wildman–Crippen LogP) is 2.45. The first-order valence-corrected chi connectivity index (χ1v) is 7.10. The van der Waals surface area contributed by atoms with E-state index in [-0.39, 0.29) is 5.91 Å². The Morgan fingerprint density at radius 2 is 2.54 bits per heavy atom. The maximum absolute atomic E-state index is 11.4. The van der Waals surface area contributed by atoms with Gasteiger partial charge in [-0.05, 0) is 34.9 Å². The standard InChI is InChI=1S/C8H10INOS2/c1-12-3-2-10-8(11)6-4-7(9)13-5-6/h4-5H,2-3H2,1H3,(H,10,11). The molecule has 0 aromatic carbocycles. The summed E-state index contributed by atoms with van der Waals surface area (Å²) in [7, 11) is 0. The third-order valence-corrected chi connectivity index (χ3v) is 3.82. The monoisotopic (exact) mass is 327 g/mol. The third-order valence-electron chi connectivity index (χ3n) is 1.42. The van der Waals surface area contributed by atoms with Crippen molar-refractivity contribution in [3.05, 3.63) is 19.9 Å². The van der Waals surface area contributed by atoms with Crippen LogP contribution in [0.25, 0.3) is 0 Å². The second kappa shape index (κ2) is 5.87. The molecular formula is C8H10INOS2. The van der Waals surface area contributed by atoms with E-state index in [1.54, 1.807) is 23.1 Å². The smallest absolute Gasteiger partial charge is 0.252 e. The Hall–Kier alpha value is 0.250. The number of rotatable bonds is 4. The fourth-order valence-corrected chi connectivity index (χ4v) is 2.43. The normalized spacial score (nSPS) is 10.0. The van der Waals surface area contributed by atoms with E-state index in [1.807, 2.05) is 17.7 Å². The Bertz CT molecular complexity index is 287. The van der Waals surface area contributed by atoms with Gasteiger partial charge in [0.25, 0.3) is 5.91 Å². The summed E-state index contributed by atoms with van der Waals surface area (Å²) in [5, 5.41) is 4.74. The average molecular weight is 327 g/mol. The Labute approximate surface area is 99.6 Å². The van der Waals surface area contributed by atoms with Crippen LogP contribution in [-0.2, 0) is 0 Å². The molecule has 0 bridgehead atoms. The first kappa shape index (κ1) is 11.3. The molecule has 0 atom stereocenters. The molecule has 0 aliphatic rings. The van der Waals surface area contributed by atoms with E-state index in [9.17, 15) is 4.79 Å². The molecule has 1 heterocycles. The Morgan fingerprint density at radius 1 is 1.77 bits per heavy atom. The molecule has 1 aromatic heterocycles. The highest BCUT2D eigenvalue weighted by atomic mass is 127. The van der Waals surface area contributed by atoms with Crippen LogP contribution in [0.2, 0.25) is 0 Å². The van der Waals surface area contributed by atoms with Crippen LogP contribution in [0.15, 0.2) is 11.4 Å². The van der Waals surface area contributed by atoms with Gasteiger partial charge in [0.15, 0.2) is 0 Å². The molecule has 0 fully saturated rings. The molecule has 0 unspecified atom stereocenters. The average Bonchev–Trinajstić information content (AvgIpc) is 2.52. The number of carbonyl (C=O) groups is 1. The Balaban J connectivity index is 2.40. The summed E-state index contributed by atoms with van der Waals surface area (Å²) >= 11 is 5.54. The number of nitrogens with one attached hydrogen (secondary N) is 1. The Kier molecular flexibility index (Phi) is 5.12. The number of thiophene rings is 1. The van der Waals surface area contributed by atoms with Gasteiger partial charge < -0.3 is 5.32 Å². The molecule has 1 aromatic rings. The van der Waals surface area contributed by atoms with Crippen LogP contribution in [0.1, 0.15) is 10.4 Å². The van der Waals surface area contributed by atoms with Crippen molar-refractivity contribution < 1.29 is 4.79 Å². The highest BCUT2D eigenvalue weighted by Crippen LogP contribution is 2.16. The lowest BCUT2D eigenvalue weighted by Crippen LogP contribution is -2.25. The van der Waals surface area contributed by atoms with Crippen molar-refractivity contribution in [1.82, 2.24) is 5.32 Å². The first-order valence-electron chi connectivity index (χ1n) is 3.75. The summed E-state index contributed by atoms with van der Waals surface area (Å²) < 4.78 is 1.15. The van der Waals surface area contributed by atoms with Crippen LogP contribution in [0.5, 0.6) is 0 Å². The van der Waals surface area contributed by atoms with Crippen LogP contribution in [0.4, 0.5) is 0 Å². The van der Waals surface area contributed by atoms with Gasteiger partial charge in [-0.3, -0.25) is 4.79 Å². The number of hydrogen-bond acceptors (Lipinski definition) is 3. The van der Waals surface area contributed by atoms with Gasteiger partial charge in [0.1, 0.15) is 0 Å². The van der Waals surface area contributed by atoms with Gasteiger partial charge in [-0.2, -0.15) is 11.8 Å². The molecule has 0 aliphatic carbocycles. The minimum absolute atomic E-state index is 0.0354. The molecule has 0 spiro atoms. The molecule has 1 N–H and O–H groups in total. The zero-order valence-electron chi connectivity index (χ0n) is 7.17. The van der Waals surface area contributed by atoms with Crippen LogP contribution >= 0.6 is 45.7 Å². The van der Waals surface area contributed by atoms with Crippen LogP contribution in [0, 0.1) is 2.88 Å². The van der Waals surface area contributed by atoms with E-state index in [1.165, 1.54) is 0 Å². The maximum atomic E-state index is 11.4. The van der Waals surface area contributed by atoms with Gasteiger partial charge in [0, 0.05) is 17.7 Å². The summed E-state index contributed by atoms with van der Waals surface area (Å²) in [5.74, 6) is 1.00. The van der Waals surface area contributed by atoms with Crippen molar-refractivity contribution in [2.24, 2.45) is 0 Å². The fraction of sp³-hybridized carbons (Fsp3) is 0.375. The number of halogens is 1. The predicted molar refractivity (Wildman–Crippen MR) is 67.8 cm³/mol. The zero-order chi connectivity index (χ0) is 9.68. The molecule has 0 aliphatic heterocycles. The topological polar surface area (TPSA) is 29.1 Å². The highest BCUT2D eigenvalue weighted by Gasteiger charge is 2.05. The van der Waals surface area contributed by atoms with Crippen molar-refractivity contribution in [2.75, 3.05) is 18.6 Å². The van der Waals surface area contributed by atoms with Gasteiger partial charge in [0.2, 0.25) is 0 Å². The van der Waals surface area contributed by atoms with Gasteiger partial charge in [-0.25, -0.2) is 0 Å². The minimum Gasteiger partial charge on any atom is -0.351 e. The lowest BCUT2D eigenvalue weighted by molar-refractivity contribution is 0.0956. The van der Waals surface area contributed by atoms with Gasteiger partial charge in [-0.15, -0.1) is 11.3 Å². The molecule has 0 saturated heterocycles. The van der Waals surface area contributed by atoms with E-state index in [2.05, 4.69) is 27.9 Å². The van der Waals surface area contributed by atoms with Gasteiger partial charge >= 0.3 is 0 Å². The van der Waals surface area contributed by atoms with Gasteiger partial charge in [-0.1, -0.05) is 0 Å². The molecule has 72 valence electrons. The summed E-state index contributed by atoms with van der Waals surface area (Å²) in [6, 6.07) is 1.90. The summed E-state index contributed by atoms with van der Waals surface area (Å²) in [6.07, 6.45) is 2.03. The van der Waals surface area contributed by atoms with E-state index in [0.29, 0.717) is 0 Å². The van der Waals surface area contributed by atoms with Crippen molar-refractivity contribution in [2.45, 2.75) is 0 Å². The van der Waals surface area contributed by atoms with E-state index in [0.717, 1.165) is 20.7 Å². The van der Waals surface area contributed by atoms with Crippen molar-refractivity contribution in [1.29, 1.82) is 0 Å². The zero-order valence-corrected chi connectivity index (χ0v) is 11.0. The molecular weight excluding hydrogens is 317 g/mol. The number of hydrogen-bond donors (Lipinski definition) is 1. The lowest BCUT2D eigenvalue weighted by Gasteiger charge is -2.00. The van der Waals surface area contributed by atoms with Crippen molar-refractivity contribution >= 4 is 51.6 Å². The maximum Gasteiger partial charge on any atom is 0.252 e. The van der Waals surface area contributed by atoms with Crippen molar-refractivity contribution in [3.63, 3.8) is 0 Å². The molecule has 1 amide bonds. The molecule has 1 rings (SSSR count). The van der Waals surface area contributed by atoms with E-state index in [4.69, 9.17) is 0 Å². The molecule has 5 heteroatoms. The minimum atomic E-state index is 0.0354. The SMILES string of the molecule is CSCCNC(=O)c1csc(I)c1. The highest BCUT2D eigenvalue weighted by molar-refractivity contribution is 14.1. The quantitative estimate of drug-likeness (QED) is 0.680. The van der Waals surface area contributed by atoms with Crippen LogP contribution in [0.3, 0.4) is 0 Å². The van der Waals surface area contributed by atoms with E-state index >= 15 is 0 Å². The summed E-state index contributed by atoms with van der Waals surface area (Å²) in [5.41, 5.74) is 0.774. The largest absolute Gasteiger partial charge is 0.351 e. The second-order valence-electron chi connectivity index (χ2n) is 2.39. The second-order valence-corrected chi connectivity index (χ2v) is 6.18. The van der Waals surface area contributed by atoms with Crippen LogP contribution < -0.4 is 5.32 Å². The molecule has 0 radical (unpaired) electrons. The summed E-state index contributed by atoms with van der Waals surface area (Å²) in [6.45, 7) is 0.742. The molecule has 13 heavy (non-hydrogen) atoms. The number of thioether (sulfide) groups is 1. The lowest BCUT2D eigenvalue weighted by atomic mass is 10.3. The van der Waals surface area contributed by atoms with Gasteiger partial charge in [0.05, 0.1) is 8.45 Å². The summed E-state index contributed by atoms with van der Waals surface area (Å²) in [4.78, 5) is 11.4. The number of carbonyl (C=O) groups excluding carboxylic acids is 1. The molecule has 2 nitrogen and oxygen atoms in total. The fourth-order valence-electron chi connectivity index (χ4n) is 0.798. The number of amides is 1. The van der Waals surface area contributed by atoms with E-state index < -0.39 is 0 Å².